The molecule has 1 saturated heterocycles. The normalized spacial score (nSPS) is 13.8. The van der Waals surface area contributed by atoms with Crippen LogP contribution in [0.15, 0.2) is 54.6 Å². The summed E-state index contributed by atoms with van der Waals surface area (Å²) in [6.45, 7) is 2.66. The average Bonchev–Trinajstić information content (AvgIpc) is 2.77. The summed E-state index contributed by atoms with van der Waals surface area (Å²) in [5, 5.41) is 2.63. The lowest BCUT2D eigenvalue weighted by atomic mass is 10.1. The second kappa shape index (κ2) is 9.03. The minimum absolute atomic E-state index is 0.0768. The third kappa shape index (κ3) is 4.68. The highest BCUT2D eigenvalue weighted by Crippen LogP contribution is 2.15. The van der Waals surface area contributed by atoms with Crippen LogP contribution in [0.3, 0.4) is 0 Å². The van der Waals surface area contributed by atoms with Crippen molar-refractivity contribution in [3.05, 3.63) is 65.7 Å². The zero-order valence-corrected chi connectivity index (χ0v) is 15.8. The number of para-hydroxylation sites is 1. The number of esters is 1. The van der Waals surface area contributed by atoms with Crippen LogP contribution in [-0.2, 0) is 9.53 Å². The third-order valence-corrected chi connectivity index (χ3v) is 4.70. The number of hydrogen-bond acceptors (Lipinski definition) is 5. The number of carbonyl (C=O) groups excluding carboxylic acids is 3. The molecule has 146 valence electrons. The molecule has 0 radical (unpaired) electrons. The first-order valence-corrected chi connectivity index (χ1v) is 9.13. The van der Waals surface area contributed by atoms with E-state index in [1.165, 1.54) is 13.2 Å². The molecule has 7 heteroatoms. The molecule has 0 atom stereocenters. The second-order valence-electron chi connectivity index (χ2n) is 6.46. The Morgan fingerprint density at radius 3 is 2.29 bits per heavy atom. The van der Waals surface area contributed by atoms with Gasteiger partial charge in [-0.3, -0.25) is 9.59 Å². The number of methoxy groups -OCH3 is 1. The first-order chi connectivity index (χ1) is 13.6. The lowest BCUT2D eigenvalue weighted by Gasteiger charge is -2.36. The number of piperazine rings is 1. The SMILES string of the molecule is COC(=O)c1cccc(C(=O)NCC(=O)N2CCN(c3ccccc3)CC2)c1. The summed E-state index contributed by atoms with van der Waals surface area (Å²) in [6.07, 6.45) is 0. The number of nitrogens with zero attached hydrogens (tertiary/aromatic N) is 2. The Morgan fingerprint density at radius 2 is 1.61 bits per heavy atom. The van der Waals surface area contributed by atoms with E-state index in [1.54, 1.807) is 23.1 Å². The van der Waals surface area contributed by atoms with Crippen molar-refractivity contribution in [1.29, 1.82) is 0 Å². The topological polar surface area (TPSA) is 78.9 Å². The van der Waals surface area contributed by atoms with Crippen LogP contribution in [0.4, 0.5) is 5.69 Å². The number of benzene rings is 2. The van der Waals surface area contributed by atoms with Gasteiger partial charge in [0.1, 0.15) is 0 Å². The van der Waals surface area contributed by atoms with Crippen LogP contribution < -0.4 is 10.2 Å². The molecule has 1 N–H and O–H groups in total. The smallest absolute Gasteiger partial charge is 0.337 e. The standard InChI is InChI=1S/C21H23N3O4/c1-28-21(27)17-7-5-6-16(14-17)20(26)22-15-19(25)24-12-10-23(11-13-24)18-8-3-2-4-9-18/h2-9,14H,10-13,15H2,1H3,(H,22,26). The number of hydrogen-bond donors (Lipinski definition) is 1. The second-order valence-corrected chi connectivity index (χ2v) is 6.46. The Bertz CT molecular complexity index is 846. The van der Waals surface area contributed by atoms with Gasteiger partial charge in [-0.25, -0.2) is 4.79 Å². The molecule has 1 aliphatic rings. The van der Waals surface area contributed by atoms with E-state index in [2.05, 4.69) is 27.1 Å². The van der Waals surface area contributed by atoms with Gasteiger partial charge >= 0.3 is 5.97 Å². The quantitative estimate of drug-likeness (QED) is 0.795. The Labute approximate surface area is 163 Å². The monoisotopic (exact) mass is 381 g/mol. The van der Waals surface area contributed by atoms with Crippen molar-refractivity contribution in [1.82, 2.24) is 10.2 Å². The summed E-state index contributed by atoms with van der Waals surface area (Å²) in [5.41, 5.74) is 1.75. The predicted octanol–water partition coefficient (Wildman–Crippen LogP) is 1.55. The number of anilines is 1. The van der Waals surface area contributed by atoms with Crippen molar-refractivity contribution < 1.29 is 19.1 Å². The molecule has 0 saturated carbocycles. The zero-order valence-electron chi connectivity index (χ0n) is 15.8. The van der Waals surface area contributed by atoms with E-state index in [0.717, 1.165) is 18.8 Å². The predicted molar refractivity (Wildman–Crippen MR) is 105 cm³/mol. The average molecular weight is 381 g/mol. The van der Waals surface area contributed by atoms with Gasteiger partial charge in [-0.05, 0) is 30.3 Å². The summed E-state index contributed by atoms with van der Waals surface area (Å²) in [4.78, 5) is 40.3. The number of ether oxygens (including phenoxy) is 1. The van der Waals surface area contributed by atoms with Crippen molar-refractivity contribution >= 4 is 23.5 Å². The van der Waals surface area contributed by atoms with E-state index in [1.807, 2.05) is 18.2 Å². The molecule has 2 aromatic rings. The van der Waals surface area contributed by atoms with Crippen LogP contribution in [0.25, 0.3) is 0 Å². The van der Waals surface area contributed by atoms with E-state index >= 15 is 0 Å². The number of amides is 2. The highest BCUT2D eigenvalue weighted by molar-refractivity contribution is 5.99. The molecule has 28 heavy (non-hydrogen) atoms. The molecule has 7 nitrogen and oxygen atoms in total. The van der Waals surface area contributed by atoms with Crippen LogP contribution in [-0.4, -0.2) is 62.5 Å². The van der Waals surface area contributed by atoms with Gasteiger partial charge in [-0.15, -0.1) is 0 Å². The Hall–Kier alpha value is -3.35. The molecule has 1 aliphatic heterocycles. The van der Waals surface area contributed by atoms with E-state index in [4.69, 9.17) is 0 Å². The first kappa shape index (κ1) is 19.4. The molecule has 2 amide bonds. The maximum Gasteiger partial charge on any atom is 0.337 e. The first-order valence-electron chi connectivity index (χ1n) is 9.13. The fourth-order valence-corrected chi connectivity index (χ4v) is 3.13. The zero-order chi connectivity index (χ0) is 19.9. The third-order valence-electron chi connectivity index (χ3n) is 4.70. The minimum atomic E-state index is -0.512. The van der Waals surface area contributed by atoms with E-state index in [9.17, 15) is 14.4 Å². The number of nitrogens with one attached hydrogen (secondary N) is 1. The van der Waals surface area contributed by atoms with Gasteiger partial charge in [-0.1, -0.05) is 24.3 Å². The number of rotatable bonds is 5. The summed E-state index contributed by atoms with van der Waals surface area (Å²) >= 11 is 0. The lowest BCUT2D eigenvalue weighted by molar-refractivity contribution is -0.130. The largest absolute Gasteiger partial charge is 0.465 e. The molecule has 0 aliphatic carbocycles. The van der Waals surface area contributed by atoms with E-state index in [0.29, 0.717) is 24.2 Å². The van der Waals surface area contributed by atoms with Crippen LogP contribution in [0.2, 0.25) is 0 Å². The van der Waals surface area contributed by atoms with Crippen LogP contribution in [0.5, 0.6) is 0 Å². The van der Waals surface area contributed by atoms with Crippen molar-refractivity contribution in [3.63, 3.8) is 0 Å². The van der Waals surface area contributed by atoms with Gasteiger partial charge < -0.3 is 19.9 Å². The lowest BCUT2D eigenvalue weighted by Crippen LogP contribution is -2.51. The van der Waals surface area contributed by atoms with Crippen molar-refractivity contribution in [2.45, 2.75) is 0 Å². The molecular formula is C21H23N3O4. The van der Waals surface area contributed by atoms with Gasteiger partial charge in [0.2, 0.25) is 5.91 Å². The Morgan fingerprint density at radius 1 is 0.929 bits per heavy atom. The molecule has 0 aromatic heterocycles. The van der Waals surface area contributed by atoms with E-state index < -0.39 is 11.9 Å². The summed E-state index contributed by atoms with van der Waals surface area (Å²) in [7, 11) is 1.28. The maximum atomic E-state index is 12.4. The van der Waals surface area contributed by atoms with Crippen molar-refractivity contribution in [2.24, 2.45) is 0 Å². The fourth-order valence-electron chi connectivity index (χ4n) is 3.13. The highest BCUT2D eigenvalue weighted by atomic mass is 16.5. The molecule has 1 fully saturated rings. The molecule has 1 heterocycles. The molecule has 0 bridgehead atoms. The maximum absolute atomic E-state index is 12.4. The fraction of sp³-hybridized carbons (Fsp3) is 0.286. The van der Waals surface area contributed by atoms with Gasteiger partial charge in [0.25, 0.3) is 5.91 Å². The highest BCUT2D eigenvalue weighted by Gasteiger charge is 2.21. The Kier molecular flexibility index (Phi) is 6.26. The molecule has 3 rings (SSSR count). The van der Waals surface area contributed by atoms with Gasteiger partial charge in [0.15, 0.2) is 0 Å². The van der Waals surface area contributed by atoms with Gasteiger partial charge in [-0.2, -0.15) is 0 Å². The van der Waals surface area contributed by atoms with Gasteiger partial charge in [0.05, 0.1) is 19.2 Å². The molecule has 0 spiro atoms. The molecular weight excluding hydrogens is 358 g/mol. The van der Waals surface area contributed by atoms with Crippen molar-refractivity contribution in [3.8, 4) is 0 Å². The number of carbonyl (C=O) groups is 3. The molecule has 0 unspecified atom stereocenters. The minimum Gasteiger partial charge on any atom is -0.465 e. The summed E-state index contributed by atoms with van der Waals surface area (Å²) in [5.74, 6) is -1.03. The van der Waals surface area contributed by atoms with Crippen LogP contribution in [0.1, 0.15) is 20.7 Å². The van der Waals surface area contributed by atoms with Crippen LogP contribution >= 0.6 is 0 Å². The molecule has 2 aromatic carbocycles. The Balaban J connectivity index is 1.49. The summed E-state index contributed by atoms with van der Waals surface area (Å²) in [6, 6.07) is 16.3. The van der Waals surface area contributed by atoms with Crippen LogP contribution in [0, 0.1) is 0 Å². The van der Waals surface area contributed by atoms with Crippen molar-refractivity contribution in [2.75, 3.05) is 44.7 Å². The summed E-state index contributed by atoms with van der Waals surface area (Å²) < 4.78 is 4.65. The van der Waals surface area contributed by atoms with Gasteiger partial charge in [0, 0.05) is 37.4 Å². The van der Waals surface area contributed by atoms with E-state index in [-0.39, 0.29) is 12.5 Å².